The van der Waals surface area contributed by atoms with E-state index in [-0.39, 0.29) is 5.82 Å². The topological polar surface area (TPSA) is 15.3 Å². The predicted octanol–water partition coefficient (Wildman–Crippen LogP) is 2.69. The lowest BCUT2D eigenvalue weighted by atomic mass is 9.93. The third-order valence-corrected chi connectivity index (χ3v) is 3.53. The van der Waals surface area contributed by atoms with Crippen LogP contribution in [0.25, 0.3) is 0 Å². The molecule has 1 aliphatic rings. The summed E-state index contributed by atoms with van der Waals surface area (Å²) in [5.74, 6) is -0.155. The van der Waals surface area contributed by atoms with Crippen LogP contribution in [0.1, 0.15) is 26.3 Å². The Kier molecular flexibility index (Phi) is 4.58. The molecule has 1 aromatic rings. The number of benzene rings is 1. The maximum Gasteiger partial charge on any atom is 0.123 e. The largest absolute Gasteiger partial charge is 0.314 e. The van der Waals surface area contributed by atoms with E-state index in [9.17, 15) is 4.39 Å². The Bertz CT molecular complexity index is 394. The van der Waals surface area contributed by atoms with Crippen LogP contribution in [0, 0.1) is 11.2 Å². The van der Waals surface area contributed by atoms with Crippen LogP contribution in [0.15, 0.2) is 24.3 Å². The highest BCUT2D eigenvalue weighted by Gasteiger charge is 2.26. The Morgan fingerprint density at radius 3 is 2.58 bits per heavy atom. The molecule has 2 rings (SSSR count). The third-order valence-electron chi connectivity index (χ3n) is 3.53. The summed E-state index contributed by atoms with van der Waals surface area (Å²) >= 11 is 0. The van der Waals surface area contributed by atoms with E-state index >= 15 is 0 Å². The highest BCUT2D eigenvalue weighted by molar-refractivity contribution is 5.17. The zero-order valence-corrected chi connectivity index (χ0v) is 12.2. The molecule has 0 saturated carbocycles. The fourth-order valence-corrected chi connectivity index (χ4v) is 2.71. The molecule has 1 aromatic carbocycles. The lowest BCUT2D eigenvalue weighted by molar-refractivity contribution is 0.113. The zero-order valence-electron chi connectivity index (χ0n) is 12.2. The molecule has 1 fully saturated rings. The van der Waals surface area contributed by atoms with E-state index in [1.54, 1.807) is 12.1 Å². The molecule has 1 N–H and O–H groups in total. The van der Waals surface area contributed by atoms with Crippen LogP contribution in [0.5, 0.6) is 0 Å². The molecule has 1 unspecified atom stereocenters. The number of nitrogens with one attached hydrogen (secondary N) is 1. The Balaban J connectivity index is 2.01. The van der Waals surface area contributed by atoms with E-state index in [0.717, 1.165) is 32.6 Å². The molecule has 1 atom stereocenters. The van der Waals surface area contributed by atoms with Gasteiger partial charge in [0.1, 0.15) is 5.82 Å². The van der Waals surface area contributed by atoms with Crippen LogP contribution >= 0.6 is 0 Å². The van der Waals surface area contributed by atoms with Gasteiger partial charge >= 0.3 is 0 Å². The van der Waals surface area contributed by atoms with Crippen molar-refractivity contribution in [2.75, 3.05) is 26.2 Å². The van der Waals surface area contributed by atoms with Gasteiger partial charge in [0.25, 0.3) is 0 Å². The number of hydrogen-bond acceptors (Lipinski definition) is 2. The van der Waals surface area contributed by atoms with Gasteiger partial charge in [0.2, 0.25) is 0 Å². The molecular weight excluding hydrogens is 239 g/mol. The van der Waals surface area contributed by atoms with Crippen LogP contribution in [-0.2, 0) is 6.42 Å². The minimum Gasteiger partial charge on any atom is -0.314 e. The third kappa shape index (κ3) is 4.59. The molecule has 19 heavy (non-hydrogen) atoms. The summed E-state index contributed by atoms with van der Waals surface area (Å²) < 4.78 is 12.9. The Labute approximate surface area is 116 Å². The fourth-order valence-electron chi connectivity index (χ4n) is 2.71. The van der Waals surface area contributed by atoms with Crippen molar-refractivity contribution >= 4 is 0 Å². The first-order valence-electron chi connectivity index (χ1n) is 7.13. The average molecular weight is 264 g/mol. The second kappa shape index (κ2) is 6.02. The minimum absolute atomic E-state index is 0.155. The summed E-state index contributed by atoms with van der Waals surface area (Å²) in [5, 5.41) is 3.47. The quantitative estimate of drug-likeness (QED) is 0.903. The van der Waals surface area contributed by atoms with Gasteiger partial charge in [-0.15, -0.1) is 0 Å². The van der Waals surface area contributed by atoms with Crippen LogP contribution < -0.4 is 5.32 Å². The SMILES string of the molecule is CC(C)(C)CN1CCNCC1Cc1ccc(F)cc1. The first-order chi connectivity index (χ1) is 8.94. The standard InChI is InChI=1S/C16H25FN2/c1-16(2,3)12-19-9-8-18-11-15(19)10-13-4-6-14(17)7-5-13/h4-7,15,18H,8-12H2,1-3H3. The summed E-state index contributed by atoms with van der Waals surface area (Å²) in [5.41, 5.74) is 1.53. The highest BCUT2D eigenvalue weighted by Crippen LogP contribution is 2.19. The Morgan fingerprint density at radius 2 is 1.95 bits per heavy atom. The van der Waals surface area contributed by atoms with Crippen molar-refractivity contribution in [3.05, 3.63) is 35.6 Å². The number of hydrogen-bond donors (Lipinski definition) is 1. The molecule has 0 aliphatic carbocycles. The van der Waals surface area contributed by atoms with Gasteiger partial charge in [-0.2, -0.15) is 0 Å². The molecule has 0 aromatic heterocycles. The normalized spacial score (nSPS) is 21.6. The molecule has 106 valence electrons. The fraction of sp³-hybridized carbons (Fsp3) is 0.625. The number of halogens is 1. The minimum atomic E-state index is -0.155. The molecule has 0 spiro atoms. The van der Waals surface area contributed by atoms with Crippen molar-refractivity contribution in [2.45, 2.75) is 33.2 Å². The van der Waals surface area contributed by atoms with E-state index < -0.39 is 0 Å². The summed E-state index contributed by atoms with van der Waals surface area (Å²) in [4.78, 5) is 2.57. The van der Waals surface area contributed by atoms with Gasteiger partial charge < -0.3 is 5.32 Å². The van der Waals surface area contributed by atoms with E-state index in [1.165, 1.54) is 5.56 Å². The van der Waals surface area contributed by atoms with Crippen LogP contribution in [0.4, 0.5) is 4.39 Å². The van der Waals surface area contributed by atoms with Crippen LogP contribution in [0.3, 0.4) is 0 Å². The van der Waals surface area contributed by atoms with E-state index in [2.05, 4.69) is 31.0 Å². The number of rotatable bonds is 3. The predicted molar refractivity (Wildman–Crippen MR) is 77.8 cm³/mol. The Hall–Kier alpha value is -0.930. The summed E-state index contributed by atoms with van der Waals surface area (Å²) in [6.07, 6.45) is 0.989. The monoisotopic (exact) mass is 264 g/mol. The van der Waals surface area contributed by atoms with Gasteiger partial charge in [0.05, 0.1) is 0 Å². The van der Waals surface area contributed by atoms with Gasteiger partial charge in [-0.1, -0.05) is 32.9 Å². The Morgan fingerprint density at radius 1 is 1.26 bits per heavy atom. The molecular formula is C16H25FN2. The summed E-state index contributed by atoms with van der Waals surface area (Å²) in [6, 6.07) is 7.43. The maximum atomic E-state index is 12.9. The molecule has 0 radical (unpaired) electrons. The maximum absolute atomic E-state index is 12.9. The first-order valence-corrected chi connectivity index (χ1v) is 7.13. The zero-order chi connectivity index (χ0) is 13.9. The van der Waals surface area contributed by atoms with Gasteiger partial charge in [-0.3, -0.25) is 4.90 Å². The molecule has 0 amide bonds. The van der Waals surface area contributed by atoms with E-state index in [0.29, 0.717) is 11.5 Å². The van der Waals surface area contributed by atoms with Crippen LogP contribution in [0.2, 0.25) is 0 Å². The van der Waals surface area contributed by atoms with Gasteiger partial charge in [-0.05, 0) is 29.5 Å². The van der Waals surface area contributed by atoms with Crippen molar-refractivity contribution in [1.82, 2.24) is 10.2 Å². The number of piperazine rings is 1. The highest BCUT2D eigenvalue weighted by atomic mass is 19.1. The second-order valence-electron chi connectivity index (χ2n) is 6.72. The van der Waals surface area contributed by atoms with Crippen molar-refractivity contribution in [3.63, 3.8) is 0 Å². The van der Waals surface area contributed by atoms with E-state index in [1.807, 2.05) is 12.1 Å². The average Bonchev–Trinajstić information content (AvgIpc) is 2.33. The molecule has 1 heterocycles. The molecule has 0 bridgehead atoms. The van der Waals surface area contributed by atoms with Gasteiger partial charge in [0, 0.05) is 32.2 Å². The van der Waals surface area contributed by atoms with Crippen molar-refractivity contribution in [1.29, 1.82) is 0 Å². The van der Waals surface area contributed by atoms with Crippen molar-refractivity contribution in [3.8, 4) is 0 Å². The van der Waals surface area contributed by atoms with Crippen molar-refractivity contribution in [2.24, 2.45) is 5.41 Å². The molecule has 3 heteroatoms. The van der Waals surface area contributed by atoms with Gasteiger partial charge in [-0.25, -0.2) is 4.39 Å². The van der Waals surface area contributed by atoms with Crippen molar-refractivity contribution < 1.29 is 4.39 Å². The van der Waals surface area contributed by atoms with E-state index in [4.69, 9.17) is 0 Å². The summed E-state index contributed by atoms with van der Waals surface area (Å²) in [7, 11) is 0. The lowest BCUT2D eigenvalue weighted by Crippen LogP contribution is -2.54. The van der Waals surface area contributed by atoms with Crippen LogP contribution in [-0.4, -0.2) is 37.1 Å². The number of nitrogens with zero attached hydrogens (tertiary/aromatic N) is 1. The lowest BCUT2D eigenvalue weighted by Gasteiger charge is -2.40. The summed E-state index contributed by atoms with van der Waals surface area (Å²) in [6.45, 7) is 11.1. The van der Waals surface area contributed by atoms with Gasteiger partial charge in [0.15, 0.2) is 0 Å². The molecule has 1 saturated heterocycles. The first kappa shape index (κ1) is 14.5. The smallest absolute Gasteiger partial charge is 0.123 e. The second-order valence-corrected chi connectivity index (χ2v) is 6.72. The molecule has 1 aliphatic heterocycles. The molecule has 2 nitrogen and oxygen atoms in total.